The monoisotopic (exact) mass is 349 g/mol. The minimum atomic E-state index is -0.111. The second kappa shape index (κ2) is 7.12. The molecule has 0 aliphatic heterocycles. The summed E-state index contributed by atoms with van der Waals surface area (Å²) in [6.45, 7) is 6.87. The van der Waals surface area contributed by atoms with Gasteiger partial charge in [-0.25, -0.2) is 0 Å². The van der Waals surface area contributed by atoms with Crippen LogP contribution in [0.4, 0.5) is 5.69 Å². The van der Waals surface area contributed by atoms with Crippen LogP contribution >= 0.6 is 0 Å². The molecule has 0 radical (unpaired) electrons. The van der Waals surface area contributed by atoms with Crippen LogP contribution in [0.5, 0.6) is 0 Å². The Kier molecular flexibility index (Phi) is 4.89. The summed E-state index contributed by atoms with van der Waals surface area (Å²) in [6.07, 6.45) is 1.58. The molecule has 0 saturated carbocycles. The Labute approximate surface area is 152 Å². The maximum absolute atomic E-state index is 12.3. The van der Waals surface area contributed by atoms with E-state index in [1.165, 1.54) is 11.8 Å². The number of carbonyl (C=O) groups excluding carboxylic acids is 1. The van der Waals surface area contributed by atoms with Gasteiger partial charge in [0, 0.05) is 17.5 Å². The molecule has 3 rings (SSSR count). The predicted molar refractivity (Wildman–Crippen MR) is 104 cm³/mol. The highest BCUT2D eigenvalue weighted by atomic mass is 16.1. The first-order valence-electron chi connectivity index (χ1n) is 8.70. The van der Waals surface area contributed by atoms with Crippen LogP contribution in [0.2, 0.25) is 0 Å². The summed E-state index contributed by atoms with van der Waals surface area (Å²) < 4.78 is 1.69. The zero-order chi connectivity index (χ0) is 18.7. The standard InChI is InChI=1S/C21H23N3O2/c1-21(2,3)15-8-10-16(11-9-15)23-20(26)12-13-24-18-7-5-4-6-17(18)19(25)14-22-24/h4-11,14H,12-13H2,1-3H3,(H,23,26). The van der Waals surface area contributed by atoms with Crippen LogP contribution in [0.15, 0.2) is 59.5 Å². The SMILES string of the molecule is CC(C)(C)c1ccc(NC(=O)CCn2ncc(=O)c3ccccc32)cc1. The van der Waals surface area contributed by atoms with Crippen LogP contribution in [0.3, 0.4) is 0 Å². The molecule has 0 aliphatic carbocycles. The van der Waals surface area contributed by atoms with Crippen LogP contribution in [0.1, 0.15) is 32.8 Å². The van der Waals surface area contributed by atoms with E-state index in [4.69, 9.17) is 0 Å². The number of aromatic nitrogens is 2. The van der Waals surface area contributed by atoms with Gasteiger partial charge in [0.2, 0.25) is 11.3 Å². The summed E-state index contributed by atoms with van der Waals surface area (Å²) in [5, 5.41) is 7.67. The zero-order valence-corrected chi connectivity index (χ0v) is 15.3. The topological polar surface area (TPSA) is 64.0 Å². The van der Waals surface area contributed by atoms with Crippen molar-refractivity contribution in [2.45, 2.75) is 39.2 Å². The van der Waals surface area contributed by atoms with Gasteiger partial charge in [-0.05, 0) is 35.2 Å². The molecule has 1 aromatic heterocycles. The zero-order valence-electron chi connectivity index (χ0n) is 15.3. The smallest absolute Gasteiger partial charge is 0.226 e. The molecule has 2 aromatic carbocycles. The third-order valence-corrected chi connectivity index (χ3v) is 4.35. The molecule has 5 heteroatoms. The first-order chi connectivity index (χ1) is 12.3. The molecule has 0 fully saturated rings. The van der Waals surface area contributed by atoms with E-state index in [2.05, 4.69) is 31.2 Å². The quantitative estimate of drug-likeness (QED) is 0.781. The fourth-order valence-corrected chi connectivity index (χ4v) is 2.82. The van der Waals surface area contributed by atoms with Gasteiger partial charge in [0.15, 0.2) is 0 Å². The molecule has 0 saturated heterocycles. The van der Waals surface area contributed by atoms with Crippen molar-refractivity contribution in [3.8, 4) is 0 Å². The lowest BCUT2D eigenvalue weighted by Crippen LogP contribution is -2.18. The molecule has 26 heavy (non-hydrogen) atoms. The highest BCUT2D eigenvalue weighted by Crippen LogP contribution is 2.23. The number of benzene rings is 2. The average Bonchev–Trinajstić information content (AvgIpc) is 2.61. The van der Waals surface area contributed by atoms with E-state index in [0.717, 1.165) is 11.2 Å². The van der Waals surface area contributed by atoms with E-state index in [-0.39, 0.29) is 23.2 Å². The Morgan fingerprint density at radius 1 is 1.08 bits per heavy atom. The molecule has 5 nitrogen and oxygen atoms in total. The van der Waals surface area contributed by atoms with Crippen LogP contribution in [-0.2, 0) is 16.8 Å². The summed E-state index contributed by atoms with van der Waals surface area (Å²) >= 11 is 0. The number of anilines is 1. The molecule has 1 N–H and O–H groups in total. The highest BCUT2D eigenvalue weighted by Gasteiger charge is 2.13. The van der Waals surface area contributed by atoms with Crippen LogP contribution < -0.4 is 10.7 Å². The van der Waals surface area contributed by atoms with E-state index in [1.807, 2.05) is 42.5 Å². The largest absolute Gasteiger partial charge is 0.326 e. The van der Waals surface area contributed by atoms with Crippen LogP contribution in [0, 0.1) is 0 Å². The van der Waals surface area contributed by atoms with E-state index in [0.29, 0.717) is 11.9 Å². The number of aryl methyl sites for hydroxylation is 1. The maximum atomic E-state index is 12.3. The van der Waals surface area contributed by atoms with Crippen LogP contribution in [0.25, 0.3) is 10.9 Å². The van der Waals surface area contributed by atoms with Gasteiger partial charge < -0.3 is 5.32 Å². The van der Waals surface area contributed by atoms with Crippen molar-refractivity contribution >= 4 is 22.5 Å². The minimum Gasteiger partial charge on any atom is -0.326 e. The third-order valence-electron chi connectivity index (χ3n) is 4.35. The number of para-hydroxylation sites is 1. The van der Waals surface area contributed by atoms with Crippen molar-refractivity contribution in [2.24, 2.45) is 0 Å². The van der Waals surface area contributed by atoms with Gasteiger partial charge in [-0.2, -0.15) is 5.10 Å². The highest BCUT2D eigenvalue weighted by molar-refractivity contribution is 5.90. The lowest BCUT2D eigenvalue weighted by atomic mass is 9.87. The van der Waals surface area contributed by atoms with Gasteiger partial charge in [0.1, 0.15) is 0 Å². The normalized spacial score (nSPS) is 11.5. The van der Waals surface area contributed by atoms with Gasteiger partial charge >= 0.3 is 0 Å². The summed E-state index contributed by atoms with van der Waals surface area (Å²) in [5.41, 5.74) is 2.71. The fraction of sp³-hybridized carbons (Fsp3) is 0.286. The molecule has 0 unspecified atom stereocenters. The summed E-state index contributed by atoms with van der Waals surface area (Å²) in [6, 6.07) is 15.2. The Balaban J connectivity index is 1.66. The lowest BCUT2D eigenvalue weighted by molar-refractivity contribution is -0.116. The maximum Gasteiger partial charge on any atom is 0.226 e. The number of hydrogen-bond donors (Lipinski definition) is 1. The molecule has 134 valence electrons. The second-order valence-corrected chi connectivity index (χ2v) is 7.37. The predicted octanol–water partition coefficient (Wildman–Crippen LogP) is 3.72. The van der Waals surface area contributed by atoms with Crippen molar-refractivity contribution in [3.05, 3.63) is 70.5 Å². The van der Waals surface area contributed by atoms with E-state index in [1.54, 1.807) is 10.7 Å². The molecule has 0 spiro atoms. The molecule has 0 bridgehead atoms. The van der Waals surface area contributed by atoms with Gasteiger partial charge in [0.05, 0.1) is 18.3 Å². The van der Waals surface area contributed by atoms with Crippen molar-refractivity contribution in [1.82, 2.24) is 9.78 Å². The second-order valence-electron chi connectivity index (χ2n) is 7.37. The van der Waals surface area contributed by atoms with Gasteiger partial charge in [-0.15, -0.1) is 0 Å². The molecule has 1 amide bonds. The van der Waals surface area contributed by atoms with Gasteiger partial charge in [0.25, 0.3) is 0 Å². The van der Waals surface area contributed by atoms with E-state index >= 15 is 0 Å². The Morgan fingerprint density at radius 3 is 2.46 bits per heavy atom. The van der Waals surface area contributed by atoms with Gasteiger partial charge in [-0.3, -0.25) is 14.3 Å². The Hall–Kier alpha value is -2.95. The van der Waals surface area contributed by atoms with Crippen LogP contribution in [-0.4, -0.2) is 15.7 Å². The molecule has 0 atom stereocenters. The van der Waals surface area contributed by atoms with Crippen molar-refractivity contribution in [3.63, 3.8) is 0 Å². The summed E-state index contributed by atoms with van der Waals surface area (Å²) in [7, 11) is 0. The molecule has 0 aliphatic rings. The number of amides is 1. The van der Waals surface area contributed by atoms with Crippen molar-refractivity contribution in [2.75, 3.05) is 5.32 Å². The van der Waals surface area contributed by atoms with Crippen molar-refractivity contribution < 1.29 is 4.79 Å². The summed E-state index contributed by atoms with van der Waals surface area (Å²) in [5.74, 6) is -0.0851. The first kappa shape index (κ1) is 17.9. The number of nitrogens with one attached hydrogen (secondary N) is 1. The first-order valence-corrected chi connectivity index (χ1v) is 8.70. The average molecular weight is 349 g/mol. The number of rotatable bonds is 4. The van der Waals surface area contributed by atoms with Crippen molar-refractivity contribution in [1.29, 1.82) is 0 Å². The molecule has 1 heterocycles. The Morgan fingerprint density at radius 2 is 1.77 bits per heavy atom. The lowest BCUT2D eigenvalue weighted by Gasteiger charge is -2.19. The number of nitrogens with zero attached hydrogens (tertiary/aromatic N) is 2. The number of fused-ring (bicyclic) bond motifs is 1. The van der Waals surface area contributed by atoms with Gasteiger partial charge in [-0.1, -0.05) is 45.0 Å². The summed E-state index contributed by atoms with van der Waals surface area (Å²) in [4.78, 5) is 24.1. The molecule has 3 aromatic rings. The molecular formula is C21H23N3O2. The number of hydrogen-bond acceptors (Lipinski definition) is 3. The van der Waals surface area contributed by atoms with E-state index < -0.39 is 0 Å². The fourth-order valence-electron chi connectivity index (χ4n) is 2.82. The third kappa shape index (κ3) is 3.99. The minimum absolute atomic E-state index is 0.0830. The molecular weight excluding hydrogens is 326 g/mol. The number of carbonyl (C=O) groups is 1. The van der Waals surface area contributed by atoms with E-state index in [9.17, 15) is 9.59 Å². The Bertz CT molecular complexity index is 983.